The average molecular weight is 367 g/mol. The van der Waals surface area contributed by atoms with Crippen molar-refractivity contribution in [1.82, 2.24) is 20.3 Å². The number of hydrogen-bond donors (Lipinski definition) is 1. The number of anilines is 1. The molecule has 1 amide bonds. The molecule has 0 aromatic carbocycles. The molecule has 3 heterocycles. The number of piperidine rings is 1. The Hall–Kier alpha value is -2.50. The molecule has 1 atom stereocenters. The number of pyridine rings is 1. The number of hydrogen-bond acceptors (Lipinski definition) is 5. The van der Waals surface area contributed by atoms with Gasteiger partial charge in [0.05, 0.1) is 0 Å². The number of aryl methyl sites for hydroxylation is 1. The van der Waals surface area contributed by atoms with Crippen LogP contribution in [0.15, 0.2) is 30.6 Å². The van der Waals surface area contributed by atoms with Crippen LogP contribution in [0.2, 0.25) is 0 Å². The molecule has 1 aliphatic rings. The van der Waals surface area contributed by atoms with Gasteiger partial charge in [0.2, 0.25) is 5.91 Å². The third-order valence-corrected chi connectivity index (χ3v) is 5.00. The van der Waals surface area contributed by atoms with Crippen LogP contribution in [0.25, 0.3) is 11.4 Å². The van der Waals surface area contributed by atoms with Crippen molar-refractivity contribution >= 4 is 11.7 Å². The smallest absolute Gasteiger partial charge is 0.222 e. The van der Waals surface area contributed by atoms with Crippen LogP contribution in [0.3, 0.4) is 0 Å². The second-order valence-corrected chi connectivity index (χ2v) is 7.48. The number of carbonyl (C=O) groups is 1. The second-order valence-electron chi connectivity index (χ2n) is 7.48. The minimum atomic E-state index is 0.0293. The maximum Gasteiger partial charge on any atom is 0.222 e. The Kier molecular flexibility index (Phi) is 6.37. The lowest BCUT2D eigenvalue weighted by atomic mass is 9.97. The van der Waals surface area contributed by atoms with E-state index in [2.05, 4.69) is 28.2 Å². The molecule has 144 valence electrons. The first-order chi connectivity index (χ1) is 13.1. The summed E-state index contributed by atoms with van der Waals surface area (Å²) in [5.41, 5.74) is 2.03. The van der Waals surface area contributed by atoms with Crippen molar-refractivity contribution in [3.63, 3.8) is 0 Å². The molecule has 0 bridgehead atoms. The van der Waals surface area contributed by atoms with Gasteiger partial charge < -0.3 is 10.2 Å². The summed E-state index contributed by atoms with van der Waals surface area (Å²) in [7, 11) is 0. The van der Waals surface area contributed by atoms with Gasteiger partial charge in [-0.15, -0.1) is 0 Å². The van der Waals surface area contributed by atoms with E-state index in [1.165, 1.54) is 0 Å². The summed E-state index contributed by atoms with van der Waals surface area (Å²) >= 11 is 0. The summed E-state index contributed by atoms with van der Waals surface area (Å²) in [6, 6.07) is 5.98. The SMILES string of the molecule is CCc1cc(N2CCCC(CNC(=O)C(C)C)C2)nc(-c2ccncc2)n1. The number of aromatic nitrogens is 3. The van der Waals surface area contributed by atoms with Crippen LogP contribution in [-0.2, 0) is 11.2 Å². The highest BCUT2D eigenvalue weighted by Crippen LogP contribution is 2.25. The van der Waals surface area contributed by atoms with Crippen LogP contribution >= 0.6 is 0 Å². The van der Waals surface area contributed by atoms with Crippen molar-refractivity contribution in [2.45, 2.75) is 40.0 Å². The molecule has 2 aromatic heterocycles. The van der Waals surface area contributed by atoms with Crippen LogP contribution in [0.5, 0.6) is 0 Å². The van der Waals surface area contributed by atoms with E-state index in [9.17, 15) is 4.79 Å². The van der Waals surface area contributed by atoms with Crippen molar-refractivity contribution in [2.75, 3.05) is 24.5 Å². The van der Waals surface area contributed by atoms with Gasteiger partial charge in [0, 0.05) is 55.3 Å². The molecule has 2 aromatic rings. The molecule has 1 fully saturated rings. The molecule has 3 rings (SSSR count). The monoisotopic (exact) mass is 367 g/mol. The maximum atomic E-state index is 11.9. The van der Waals surface area contributed by atoms with Gasteiger partial charge in [-0.1, -0.05) is 20.8 Å². The van der Waals surface area contributed by atoms with Crippen molar-refractivity contribution < 1.29 is 4.79 Å². The zero-order valence-corrected chi connectivity index (χ0v) is 16.5. The molecular weight excluding hydrogens is 338 g/mol. The number of carbonyl (C=O) groups excluding carboxylic acids is 1. The molecule has 6 heteroatoms. The third kappa shape index (κ3) is 5.02. The number of amides is 1. The van der Waals surface area contributed by atoms with Crippen LogP contribution in [0, 0.1) is 11.8 Å². The molecule has 1 unspecified atom stereocenters. The predicted octanol–water partition coefficient (Wildman–Crippen LogP) is 3.09. The largest absolute Gasteiger partial charge is 0.356 e. The molecule has 0 saturated carbocycles. The third-order valence-electron chi connectivity index (χ3n) is 5.00. The fourth-order valence-corrected chi connectivity index (χ4v) is 3.35. The molecular formula is C21H29N5O. The molecule has 6 nitrogen and oxygen atoms in total. The van der Waals surface area contributed by atoms with E-state index in [4.69, 9.17) is 9.97 Å². The average Bonchev–Trinajstić information content (AvgIpc) is 2.72. The quantitative estimate of drug-likeness (QED) is 0.849. The van der Waals surface area contributed by atoms with Gasteiger partial charge >= 0.3 is 0 Å². The molecule has 0 spiro atoms. The van der Waals surface area contributed by atoms with Gasteiger partial charge in [0.25, 0.3) is 0 Å². The zero-order valence-electron chi connectivity index (χ0n) is 16.5. The van der Waals surface area contributed by atoms with Crippen LogP contribution in [0.1, 0.15) is 39.3 Å². The summed E-state index contributed by atoms with van der Waals surface area (Å²) < 4.78 is 0. The molecule has 0 aliphatic carbocycles. The van der Waals surface area contributed by atoms with E-state index in [1.807, 2.05) is 26.0 Å². The Bertz CT molecular complexity index is 762. The summed E-state index contributed by atoms with van der Waals surface area (Å²) in [5, 5.41) is 3.08. The lowest BCUT2D eigenvalue weighted by molar-refractivity contribution is -0.124. The normalized spacial score (nSPS) is 17.2. The van der Waals surface area contributed by atoms with E-state index in [-0.39, 0.29) is 11.8 Å². The molecule has 1 saturated heterocycles. The van der Waals surface area contributed by atoms with E-state index < -0.39 is 0 Å². The molecule has 27 heavy (non-hydrogen) atoms. The lowest BCUT2D eigenvalue weighted by Gasteiger charge is -2.34. The zero-order chi connectivity index (χ0) is 19.2. The first kappa shape index (κ1) is 19.3. The van der Waals surface area contributed by atoms with E-state index >= 15 is 0 Å². The van der Waals surface area contributed by atoms with Gasteiger partial charge in [0.15, 0.2) is 5.82 Å². The van der Waals surface area contributed by atoms with Crippen LogP contribution < -0.4 is 10.2 Å². The Balaban J connectivity index is 1.75. The highest BCUT2D eigenvalue weighted by atomic mass is 16.1. The number of rotatable bonds is 6. The van der Waals surface area contributed by atoms with E-state index in [0.29, 0.717) is 5.92 Å². The number of nitrogens with zero attached hydrogens (tertiary/aromatic N) is 4. The van der Waals surface area contributed by atoms with Crippen molar-refractivity contribution in [2.24, 2.45) is 11.8 Å². The van der Waals surface area contributed by atoms with E-state index in [1.54, 1.807) is 12.4 Å². The van der Waals surface area contributed by atoms with E-state index in [0.717, 1.165) is 61.8 Å². The van der Waals surface area contributed by atoms with Gasteiger partial charge in [-0.25, -0.2) is 9.97 Å². The Morgan fingerprint density at radius 2 is 2.07 bits per heavy atom. The summed E-state index contributed by atoms with van der Waals surface area (Å²) in [5.74, 6) is 2.34. The Labute approximate surface area is 161 Å². The highest BCUT2D eigenvalue weighted by Gasteiger charge is 2.23. The summed E-state index contributed by atoms with van der Waals surface area (Å²) in [6.45, 7) is 8.60. The fourth-order valence-electron chi connectivity index (χ4n) is 3.35. The van der Waals surface area contributed by atoms with Crippen molar-refractivity contribution in [3.05, 3.63) is 36.3 Å². The predicted molar refractivity (Wildman–Crippen MR) is 107 cm³/mol. The fraction of sp³-hybridized carbons (Fsp3) is 0.524. The van der Waals surface area contributed by atoms with Gasteiger partial charge in [-0.2, -0.15) is 0 Å². The maximum absolute atomic E-state index is 11.9. The molecule has 0 radical (unpaired) electrons. The molecule has 1 aliphatic heterocycles. The van der Waals surface area contributed by atoms with Gasteiger partial charge in [0.1, 0.15) is 5.82 Å². The molecule has 1 N–H and O–H groups in total. The number of nitrogens with one attached hydrogen (secondary N) is 1. The summed E-state index contributed by atoms with van der Waals surface area (Å²) in [4.78, 5) is 27.8. The van der Waals surface area contributed by atoms with Crippen molar-refractivity contribution in [3.8, 4) is 11.4 Å². The first-order valence-corrected chi connectivity index (χ1v) is 9.87. The standard InChI is InChI=1S/C21H29N5O/c1-4-18-12-19(25-20(24-18)17-7-9-22-10-8-17)26-11-5-6-16(14-26)13-23-21(27)15(2)3/h7-10,12,15-16H,4-6,11,13-14H2,1-3H3,(H,23,27). The highest BCUT2D eigenvalue weighted by molar-refractivity contribution is 5.77. The Morgan fingerprint density at radius 1 is 1.30 bits per heavy atom. The lowest BCUT2D eigenvalue weighted by Crippen LogP contribution is -2.42. The van der Waals surface area contributed by atoms with Crippen LogP contribution in [0.4, 0.5) is 5.82 Å². The minimum absolute atomic E-state index is 0.0293. The van der Waals surface area contributed by atoms with Crippen molar-refractivity contribution in [1.29, 1.82) is 0 Å². The Morgan fingerprint density at radius 3 is 2.78 bits per heavy atom. The van der Waals surface area contributed by atoms with Gasteiger partial charge in [-0.05, 0) is 37.3 Å². The van der Waals surface area contributed by atoms with Crippen LogP contribution in [-0.4, -0.2) is 40.5 Å². The van der Waals surface area contributed by atoms with Gasteiger partial charge in [-0.3, -0.25) is 9.78 Å². The second kappa shape index (κ2) is 8.93. The topological polar surface area (TPSA) is 71.0 Å². The first-order valence-electron chi connectivity index (χ1n) is 9.87. The summed E-state index contributed by atoms with van der Waals surface area (Å²) in [6.07, 6.45) is 6.65. The minimum Gasteiger partial charge on any atom is -0.356 e.